The third kappa shape index (κ3) is 3.46. The van der Waals surface area contributed by atoms with Crippen LogP contribution in [0.1, 0.15) is 22.8 Å². The van der Waals surface area contributed by atoms with Crippen molar-refractivity contribution in [1.82, 2.24) is 10.3 Å². The minimum Gasteiger partial charge on any atom is -0.472 e. The number of carbonyl (C=O) groups is 1. The summed E-state index contributed by atoms with van der Waals surface area (Å²) < 4.78 is 10.4. The fourth-order valence-electron chi connectivity index (χ4n) is 2.41. The molecule has 22 heavy (non-hydrogen) atoms. The number of furan rings is 1. The second-order valence-corrected chi connectivity index (χ2v) is 5.35. The lowest BCUT2D eigenvalue weighted by Crippen LogP contribution is -2.41. The van der Waals surface area contributed by atoms with Crippen LogP contribution in [0.25, 0.3) is 0 Å². The van der Waals surface area contributed by atoms with E-state index in [0.717, 1.165) is 31.1 Å². The molecule has 3 heterocycles. The van der Waals surface area contributed by atoms with Gasteiger partial charge >= 0.3 is 0 Å². The first-order valence-electron chi connectivity index (χ1n) is 7.34. The van der Waals surface area contributed by atoms with E-state index in [2.05, 4.69) is 22.1 Å². The minimum atomic E-state index is -0.153. The van der Waals surface area contributed by atoms with Crippen LogP contribution in [0.15, 0.2) is 41.3 Å². The monoisotopic (exact) mass is 301 g/mol. The van der Waals surface area contributed by atoms with Crippen molar-refractivity contribution in [2.75, 3.05) is 24.6 Å². The van der Waals surface area contributed by atoms with Crippen LogP contribution in [0.4, 0.5) is 5.82 Å². The van der Waals surface area contributed by atoms with Crippen LogP contribution >= 0.6 is 0 Å². The first-order chi connectivity index (χ1) is 10.7. The third-order valence-electron chi connectivity index (χ3n) is 3.61. The van der Waals surface area contributed by atoms with E-state index >= 15 is 0 Å². The molecule has 1 amide bonds. The molecule has 6 heteroatoms. The Morgan fingerprint density at radius 1 is 1.45 bits per heavy atom. The number of aromatic nitrogens is 1. The predicted octanol–water partition coefficient (Wildman–Crippen LogP) is 1.83. The van der Waals surface area contributed by atoms with Crippen LogP contribution in [-0.4, -0.2) is 36.7 Å². The molecule has 0 unspecified atom stereocenters. The quantitative estimate of drug-likeness (QED) is 0.933. The maximum absolute atomic E-state index is 11.8. The normalized spacial score (nSPS) is 18.2. The number of hydrogen-bond acceptors (Lipinski definition) is 5. The zero-order chi connectivity index (χ0) is 15.4. The van der Waals surface area contributed by atoms with Gasteiger partial charge in [0.2, 0.25) is 0 Å². The van der Waals surface area contributed by atoms with Crippen LogP contribution in [0.3, 0.4) is 0 Å². The van der Waals surface area contributed by atoms with Gasteiger partial charge in [-0.15, -0.1) is 0 Å². The Morgan fingerprint density at radius 2 is 2.36 bits per heavy atom. The number of carbonyl (C=O) groups excluding carboxylic acids is 1. The van der Waals surface area contributed by atoms with Crippen molar-refractivity contribution in [3.8, 4) is 0 Å². The van der Waals surface area contributed by atoms with Gasteiger partial charge in [-0.1, -0.05) is 6.07 Å². The molecule has 0 radical (unpaired) electrons. The Morgan fingerprint density at radius 3 is 3.05 bits per heavy atom. The van der Waals surface area contributed by atoms with Crippen LogP contribution < -0.4 is 10.2 Å². The minimum absolute atomic E-state index is 0.153. The first-order valence-corrected chi connectivity index (χ1v) is 7.34. The molecule has 2 aromatic rings. The van der Waals surface area contributed by atoms with Gasteiger partial charge in [-0.05, 0) is 24.6 Å². The summed E-state index contributed by atoms with van der Waals surface area (Å²) >= 11 is 0. The van der Waals surface area contributed by atoms with Crippen LogP contribution in [-0.2, 0) is 11.3 Å². The fourth-order valence-corrected chi connectivity index (χ4v) is 2.41. The number of ether oxygens (including phenoxy) is 1. The maximum Gasteiger partial charge on any atom is 0.254 e. The molecule has 1 aliphatic rings. The van der Waals surface area contributed by atoms with Crippen molar-refractivity contribution in [3.63, 3.8) is 0 Å². The van der Waals surface area contributed by atoms with Gasteiger partial charge in [0.25, 0.3) is 5.91 Å². The summed E-state index contributed by atoms with van der Waals surface area (Å²) in [7, 11) is 0. The molecule has 1 atom stereocenters. The van der Waals surface area contributed by atoms with Gasteiger partial charge in [-0.2, -0.15) is 0 Å². The summed E-state index contributed by atoms with van der Waals surface area (Å²) in [5.74, 6) is 0.792. The number of morpholine rings is 1. The van der Waals surface area contributed by atoms with Gasteiger partial charge in [0.1, 0.15) is 12.1 Å². The fraction of sp³-hybridized carbons (Fsp3) is 0.375. The molecule has 2 aromatic heterocycles. The number of hydrogen-bond donors (Lipinski definition) is 1. The summed E-state index contributed by atoms with van der Waals surface area (Å²) in [4.78, 5) is 18.5. The van der Waals surface area contributed by atoms with Gasteiger partial charge in [-0.25, -0.2) is 4.98 Å². The average Bonchev–Trinajstić information content (AvgIpc) is 3.08. The highest BCUT2D eigenvalue weighted by Crippen LogP contribution is 2.15. The molecule has 3 rings (SSSR count). The average molecular weight is 301 g/mol. The van der Waals surface area contributed by atoms with Crippen LogP contribution in [0.5, 0.6) is 0 Å². The number of anilines is 1. The highest BCUT2D eigenvalue weighted by atomic mass is 16.5. The van der Waals surface area contributed by atoms with E-state index in [-0.39, 0.29) is 12.0 Å². The molecule has 1 aliphatic heterocycles. The van der Waals surface area contributed by atoms with Gasteiger partial charge in [-0.3, -0.25) is 4.79 Å². The van der Waals surface area contributed by atoms with Gasteiger partial charge in [0.05, 0.1) is 24.5 Å². The molecule has 0 aromatic carbocycles. The highest BCUT2D eigenvalue weighted by molar-refractivity contribution is 5.93. The van der Waals surface area contributed by atoms with Crippen molar-refractivity contribution >= 4 is 11.7 Å². The van der Waals surface area contributed by atoms with Gasteiger partial charge in [0.15, 0.2) is 0 Å². The molecule has 116 valence electrons. The van der Waals surface area contributed by atoms with E-state index in [0.29, 0.717) is 12.1 Å². The van der Waals surface area contributed by atoms with E-state index < -0.39 is 0 Å². The molecule has 0 aliphatic carbocycles. The topological polar surface area (TPSA) is 67.6 Å². The summed E-state index contributed by atoms with van der Waals surface area (Å²) in [6, 6.07) is 5.60. The number of rotatable bonds is 4. The number of nitrogens with zero attached hydrogens (tertiary/aromatic N) is 2. The maximum atomic E-state index is 11.8. The largest absolute Gasteiger partial charge is 0.472 e. The summed E-state index contributed by atoms with van der Waals surface area (Å²) in [5.41, 5.74) is 1.48. The van der Waals surface area contributed by atoms with E-state index in [1.54, 1.807) is 12.3 Å². The van der Waals surface area contributed by atoms with E-state index in [4.69, 9.17) is 9.15 Å². The van der Waals surface area contributed by atoms with Crippen molar-refractivity contribution in [3.05, 3.63) is 48.0 Å². The first kappa shape index (κ1) is 14.6. The van der Waals surface area contributed by atoms with Crippen LogP contribution in [0, 0.1) is 0 Å². The van der Waals surface area contributed by atoms with Crippen LogP contribution in [0.2, 0.25) is 0 Å². The Bertz CT molecular complexity index is 610. The summed E-state index contributed by atoms with van der Waals surface area (Å²) in [6.45, 7) is 4.94. The second kappa shape index (κ2) is 6.62. The summed E-state index contributed by atoms with van der Waals surface area (Å²) in [5, 5.41) is 2.83. The molecular weight excluding hydrogens is 282 g/mol. The molecule has 1 N–H and O–H groups in total. The van der Waals surface area contributed by atoms with Crippen molar-refractivity contribution < 1.29 is 13.9 Å². The van der Waals surface area contributed by atoms with E-state index in [9.17, 15) is 4.79 Å². The van der Waals surface area contributed by atoms with E-state index in [1.807, 2.05) is 12.1 Å². The number of pyridine rings is 1. The Kier molecular flexibility index (Phi) is 4.39. The lowest BCUT2D eigenvalue weighted by atomic mass is 10.2. The molecule has 1 fully saturated rings. The predicted molar refractivity (Wildman–Crippen MR) is 81.7 cm³/mol. The molecule has 1 saturated heterocycles. The van der Waals surface area contributed by atoms with Gasteiger partial charge in [0, 0.05) is 25.8 Å². The zero-order valence-electron chi connectivity index (χ0n) is 12.5. The van der Waals surface area contributed by atoms with E-state index in [1.165, 1.54) is 12.5 Å². The third-order valence-corrected chi connectivity index (χ3v) is 3.61. The lowest BCUT2D eigenvalue weighted by Gasteiger charge is -2.32. The highest BCUT2D eigenvalue weighted by Gasteiger charge is 2.17. The molecule has 6 nitrogen and oxygen atoms in total. The van der Waals surface area contributed by atoms with Gasteiger partial charge < -0.3 is 19.4 Å². The number of nitrogens with one attached hydrogen (secondary N) is 1. The zero-order valence-corrected chi connectivity index (χ0v) is 12.5. The van der Waals surface area contributed by atoms with Crippen molar-refractivity contribution in [2.45, 2.75) is 19.6 Å². The molecular formula is C16H19N3O3. The Labute approximate surface area is 129 Å². The standard InChI is InChI=1S/C16H19N3O3/c1-12-10-19(5-7-22-12)15-3-2-13(8-17-15)9-18-16(20)14-4-6-21-11-14/h2-4,6,8,11-12H,5,7,9-10H2,1H3,(H,18,20)/t12-/m1/s1. The Balaban J connectivity index is 1.56. The molecule has 0 spiro atoms. The number of amides is 1. The smallest absolute Gasteiger partial charge is 0.254 e. The molecule has 0 saturated carbocycles. The van der Waals surface area contributed by atoms with Crippen molar-refractivity contribution in [2.24, 2.45) is 0 Å². The molecule has 0 bridgehead atoms. The Hall–Kier alpha value is -2.34. The summed E-state index contributed by atoms with van der Waals surface area (Å²) in [6.07, 6.45) is 4.93. The second-order valence-electron chi connectivity index (χ2n) is 5.35. The lowest BCUT2D eigenvalue weighted by molar-refractivity contribution is 0.0529. The van der Waals surface area contributed by atoms with Crippen molar-refractivity contribution in [1.29, 1.82) is 0 Å². The SMILES string of the molecule is C[C@@H]1CN(c2ccc(CNC(=O)c3ccoc3)cn2)CCO1.